The molecule has 0 unspecified atom stereocenters. The number of nitrogens with zero attached hydrogens (tertiary/aromatic N) is 2. The molecule has 0 aliphatic carbocycles. The number of hydrogen-bond acceptors (Lipinski definition) is 6. The zero-order valence-corrected chi connectivity index (χ0v) is 16.8. The molecule has 1 aromatic carbocycles. The van der Waals surface area contributed by atoms with Gasteiger partial charge < -0.3 is 10.3 Å². The lowest BCUT2D eigenvalue weighted by molar-refractivity contribution is -0.116. The molecule has 2 N–H and O–H groups in total. The fraction of sp³-hybridized carbons (Fsp3) is 0.200. The molecule has 0 atom stereocenters. The molecule has 0 saturated heterocycles. The molecule has 1 amide bonds. The quantitative estimate of drug-likeness (QED) is 0.494. The van der Waals surface area contributed by atoms with E-state index in [9.17, 15) is 9.59 Å². The van der Waals surface area contributed by atoms with Gasteiger partial charge in [0.05, 0.1) is 21.5 Å². The van der Waals surface area contributed by atoms with Crippen molar-refractivity contribution in [1.29, 1.82) is 0 Å². The summed E-state index contributed by atoms with van der Waals surface area (Å²) in [5.74, 6) is 0.507. The molecule has 0 saturated carbocycles. The standard InChI is InChI=1S/C20H18N4O2S2/c1-12-9-10-16(28-12)15-11-27-20(22-15)24-18(25)8-4-7-17-21-14-6-3-2-5-13(14)19(26)23-17/h2-3,5-6,9-11H,4,7-8H2,1H3,(H,21,23,26)(H,22,24,25). The predicted molar refractivity (Wildman–Crippen MR) is 114 cm³/mol. The molecular weight excluding hydrogens is 392 g/mol. The van der Waals surface area contributed by atoms with Crippen LogP contribution in [0.15, 0.2) is 46.6 Å². The van der Waals surface area contributed by atoms with E-state index < -0.39 is 0 Å². The number of anilines is 1. The Morgan fingerprint density at radius 1 is 1.18 bits per heavy atom. The second-order valence-corrected chi connectivity index (χ2v) is 8.53. The van der Waals surface area contributed by atoms with Crippen molar-refractivity contribution in [3.05, 3.63) is 62.8 Å². The van der Waals surface area contributed by atoms with Crippen LogP contribution in [0.25, 0.3) is 21.5 Å². The van der Waals surface area contributed by atoms with Crippen molar-refractivity contribution >= 4 is 44.6 Å². The van der Waals surface area contributed by atoms with Gasteiger partial charge in [0.25, 0.3) is 5.56 Å². The fourth-order valence-corrected chi connectivity index (χ4v) is 4.50. The molecule has 6 nitrogen and oxygen atoms in total. The highest BCUT2D eigenvalue weighted by molar-refractivity contribution is 7.17. The Morgan fingerprint density at radius 2 is 2.04 bits per heavy atom. The second-order valence-electron chi connectivity index (χ2n) is 6.38. The largest absolute Gasteiger partial charge is 0.310 e. The van der Waals surface area contributed by atoms with Gasteiger partial charge in [0, 0.05) is 23.1 Å². The number of amides is 1. The Balaban J connectivity index is 1.33. The number of aromatic nitrogens is 3. The number of thiazole rings is 1. The van der Waals surface area contributed by atoms with Gasteiger partial charge in [-0.25, -0.2) is 9.97 Å². The van der Waals surface area contributed by atoms with Gasteiger partial charge in [-0.1, -0.05) is 12.1 Å². The summed E-state index contributed by atoms with van der Waals surface area (Å²) < 4.78 is 0. The SMILES string of the molecule is Cc1ccc(-c2csc(NC(=O)CCCc3nc4ccccc4c(=O)[nH]3)n2)s1. The van der Waals surface area contributed by atoms with Crippen LogP contribution in [-0.2, 0) is 11.2 Å². The summed E-state index contributed by atoms with van der Waals surface area (Å²) in [5.41, 5.74) is 1.41. The highest BCUT2D eigenvalue weighted by Crippen LogP contribution is 2.30. The van der Waals surface area contributed by atoms with E-state index in [1.165, 1.54) is 16.2 Å². The van der Waals surface area contributed by atoms with Crippen LogP contribution in [0.5, 0.6) is 0 Å². The van der Waals surface area contributed by atoms with Gasteiger partial charge in [-0.3, -0.25) is 9.59 Å². The first kappa shape index (κ1) is 18.5. The van der Waals surface area contributed by atoms with Gasteiger partial charge in [0.2, 0.25) is 5.91 Å². The summed E-state index contributed by atoms with van der Waals surface area (Å²) in [6.45, 7) is 2.06. The van der Waals surface area contributed by atoms with Gasteiger partial charge in [0.1, 0.15) is 5.82 Å². The third-order valence-electron chi connectivity index (χ3n) is 4.22. The van der Waals surface area contributed by atoms with Crippen LogP contribution in [0.2, 0.25) is 0 Å². The van der Waals surface area contributed by atoms with Crippen molar-refractivity contribution < 1.29 is 4.79 Å². The number of fused-ring (bicyclic) bond motifs is 1. The molecule has 3 aromatic heterocycles. The van der Waals surface area contributed by atoms with E-state index in [-0.39, 0.29) is 11.5 Å². The minimum Gasteiger partial charge on any atom is -0.310 e. The molecule has 0 radical (unpaired) electrons. The van der Waals surface area contributed by atoms with Crippen LogP contribution in [0, 0.1) is 6.92 Å². The Bertz CT molecular complexity index is 1190. The van der Waals surface area contributed by atoms with E-state index in [0.29, 0.717) is 41.1 Å². The molecule has 0 bridgehead atoms. The average molecular weight is 411 g/mol. The number of benzene rings is 1. The van der Waals surface area contributed by atoms with Crippen molar-refractivity contribution in [1.82, 2.24) is 15.0 Å². The lowest BCUT2D eigenvalue weighted by Gasteiger charge is -2.03. The van der Waals surface area contributed by atoms with Gasteiger partial charge in [0.15, 0.2) is 5.13 Å². The maximum Gasteiger partial charge on any atom is 0.258 e. The van der Waals surface area contributed by atoms with Crippen molar-refractivity contribution in [2.75, 3.05) is 5.32 Å². The van der Waals surface area contributed by atoms with Crippen molar-refractivity contribution in [3.8, 4) is 10.6 Å². The smallest absolute Gasteiger partial charge is 0.258 e. The van der Waals surface area contributed by atoms with Gasteiger partial charge in [-0.05, 0) is 37.6 Å². The van der Waals surface area contributed by atoms with Crippen LogP contribution in [0.4, 0.5) is 5.13 Å². The molecule has 142 valence electrons. The zero-order chi connectivity index (χ0) is 19.5. The third-order valence-corrected chi connectivity index (χ3v) is 6.00. The lowest BCUT2D eigenvalue weighted by atomic mass is 10.2. The maximum absolute atomic E-state index is 12.2. The fourth-order valence-electron chi connectivity index (χ4n) is 2.87. The Morgan fingerprint density at radius 3 is 2.86 bits per heavy atom. The first-order valence-corrected chi connectivity index (χ1v) is 10.6. The zero-order valence-electron chi connectivity index (χ0n) is 15.2. The van der Waals surface area contributed by atoms with E-state index >= 15 is 0 Å². The highest BCUT2D eigenvalue weighted by atomic mass is 32.1. The molecule has 3 heterocycles. The van der Waals surface area contributed by atoms with Gasteiger partial charge in [-0.15, -0.1) is 22.7 Å². The number of carbonyl (C=O) groups is 1. The topological polar surface area (TPSA) is 87.7 Å². The summed E-state index contributed by atoms with van der Waals surface area (Å²) in [5, 5.41) is 5.97. The number of carbonyl (C=O) groups excluding carboxylic acids is 1. The minimum atomic E-state index is -0.149. The summed E-state index contributed by atoms with van der Waals surface area (Å²) in [4.78, 5) is 38.3. The number of para-hydroxylation sites is 1. The van der Waals surface area contributed by atoms with Crippen LogP contribution in [-0.4, -0.2) is 20.9 Å². The Labute approximate surface area is 169 Å². The van der Waals surface area contributed by atoms with Crippen LogP contribution in [0.3, 0.4) is 0 Å². The highest BCUT2D eigenvalue weighted by Gasteiger charge is 2.10. The van der Waals surface area contributed by atoms with E-state index in [1.54, 1.807) is 17.4 Å². The summed E-state index contributed by atoms with van der Waals surface area (Å²) >= 11 is 3.10. The number of rotatable bonds is 6. The molecule has 0 aliphatic rings. The van der Waals surface area contributed by atoms with Crippen molar-refractivity contribution in [2.24, 2.45) is 0 Å². The number of aryl methyl sites for hydroxylation is 2. The normalized spacial score (nSPS) is 11.0. The van der Waals surface area contributed by atoms with Crippen LogP contribution >= 0.6 is 22.7 Å². The van der Waals surface area contributed by atoms with E-state index in [1.807, 2.05) is 29.6 Å². The van der Waals surface area contributed by atoms with Gasteiger partial charge >= 0.3 is 0 Å². The number of nitrogens with one attached hydrogen (secondary N) is 2. The molecule has 4 rings (SSSR count). The van der Waals surface area contributed by atoms with Crippen LogP contribution in [0.1, 0.15) is 23.5 Å². The number of aromatic amines is 1. The molecule has 0 spiro atoms. The van der Waals surface area contributed by atoms with Crippen LogP contribution < -0.4 is 10.9 Å². The second kappa shape index (κ2) is 8.04. The summed E-state index contributed by atoms with van der Waals surface area (Å²) in [7, 11) is 0. The predicted octanol–water partition coefficient (Wildman–Crippen LogP) is 4.38. The Kier molecular flexibility index (Phi) is 5.31. The van der Waals surface area contributed by atoms with E-state index in [0.717, 1.165) is 10.6 Å². The van der Waals surface area contributed by atoms with E-state index in [4.69, 9.17) is 0 Å². The maximum atomic E-state index is 12.2. The first-order valence-electron chi connectivity index (χ1n) is 8.88. The van der Waals surface area contributed by atoms with Crippen molar-refractivity contribution in [3.63, 3.8) is 0 Å². The number of thiophene rings is 1. The molecule has 4 aromatic rings. The lowest BCUT2D eigenvalue weighted by Crippen LogP contribution is -2.14. The monoisotopic (exact) mass is 410 g/mol. The van der Waals surface area contributed by atoms with Gasteiger partial charge in [-0.2, -0.15) is 0 Å². The summed E-state index contributed by atoms with van der Waals surface area (Å²) in [6, 6.07) is 11.3. The molecular formula is C20H18N4O2S2. The molecule has 28 heavy (non-hydrogen) atoms. The first-order chi connectivity index (χ1) is 13.6. The van der Waals surface area contributed by atoms with Crippen molar-refractivity contribution in [2.45, 2.75) is 26.2 Å². The number of hydrogen-bond donors (Lipinski definition) is 2. The molecule has 8 heteroatoms. The van der Waals surface area contributed by atoms with E-state index in [2.05, 4.69) is 33.3 Å². The molecule has 0 fully saturated rings. The Hall–Kier alpha value is -2.84. The minimum absolute atomic E-state index is 0.0913. The average Bonchev–Trinajstić information content (AvgIpc) is 3.31. The molecule has 0 aliphatic heterocycles. The third kappa shape index (κ3) is 4.18. The summed E-state index contributed by atoms with van der Waals surface area (Å²) in [6.07, 6.45) is 1.46. The number of H-pyrrole nitrogens is 1.